The lowest BCUT2D eigenvalue weighted by Crippen LogP contribution is -2.14. The van der Waals surface area contributed by atoms with E-state index in [1.165, 1.54) is 23.8 Å². The molecule has 0 amide bonds. The Labute approximate surface area is 154 Å². The van der Waals surface area contributed by atoms with Gasteiger partial charge in [0.1, 0.15) is 11.5 Å². The Morgan fingerprint density at radius 2 is 1.85 bits per heavy atom. The lowest BCUT2D eigenvalue weighted by atomic mass is 10.1. The highest BCUT2D eigenvalue weighted by atomic mass is 35.5. The number of aromatic nitrogens is 1. The number of phenols is 1. The van der Waals surface area contributed by atoms with Gasteiger partial charge >= 0.3 is 5.97 Å². The van der Waals surface area contributed by atoms with Gasteiger partial charge in [0.25, 0.3) is 5.91 Å². The zero-order valence-corrected chi connectivity index (χ0v) is 14.9. The van der Waals surface area contributed by atoms with Gasteiger partial charge in [0.05, 0.1) is 24.1 Å². The molecule has 3 rings (SSSR count). The number of halogens is 1. The third kappa shape index (κ3) is 2.99. The highest BCUT2D eigenvalue weighted by Gasteiger charge is 2.22. The number of carboxylic acids is 1. The molecule has 134 valence electrons. The van der Waals surface area contributed by atoms with E-state index in [2.05, 4.69) is 0 Å². The molecule has 0 fully saturated rings. The Morgan fingerprint density at radius 3 is 2.42 bits per heavy atom. The van der Waals surface area contributed by atoms with E-state index < -0.39 is 5.97 Å². The van der Waals surface area contributed by atoms with E-state index in [0.29, 0.717) is 33.5 Å². The van der Waals surface area contributed by atoms with Gasteiger partial charge in [0, 0.05) is 16.6 Å². The van der Waals surface area contributed by atoms with Crippen LogP contribution in [0.3, 0.4) is 0 Å². The smallest absolute Gasteiger partial charge is 0.307 e. The number of hydrogen-bond donors (Lipinski definition) is 2. The SMILES string of the molecule is COc1ccc(C(=O)n2c(C)c(CC(=O)O)c3cc(O)c(Cl)cc32)cc1. The zero-order chi connectivity index (χ0) is 19.0. The van der Waals surface area contributed by atoms with Crippen molar-refractivity contribution >= 4 is 34.4 Å². The molecule has 3 aromatic rings. The Bertz CT molecular complexity index is 1020. The van der Waals surface area contributed by atoms with Gasteiger partial charge in [-0.2, -0.15) is 0 Å². The fourth-order valence-electron chi connectivity index (χ4n) is 2.99. The van der Waals surface area contributed by atoms with Crippen molar-refractivity contribution in [2.45, 2.75) is 13.3 Å². The lowest BCUT2D eigenvalue weighted by Gasteiger charge is -2.08. The Kier molecular flexibility index (Phi) is 4.61. The van der Waals surface area contributed by atoms with Crippen molar-refractivity contribution in [2.75, 3.05) is 7.11 Å². The molecule has 0 saturated carbocycles. The molecule has 0 aliphatic heterocycles. The van der Waals surface area contributed by atoms with E-state index in [1.54, 1.807) is 31.2 Å². The van der Waals surface area contributed by atoms with Crippen molar-refractivity contribution in [1.82, 2.24) is 4.57 Å². The number of aliphatic carboxylic acids is 1. The normalized spacial score (nSPS) is 10.9. The second-order valence-corrected chi connectivity index (χ2v) is 6.23. The number of aromatic hydroxyl groups is 1. The predicted molar refractivity (Wildman–Crippen MR) is 97.4 cm³/mol. The molecule has 1 heterocycles. The molecule has 7 heteroatoms. The summed E-state index contributed by atoms with van der Waals surface area (Å²) in [5.74, 6) is -0.901. The summed E-state index contributed by atoms with van der Waals surface area (Å²) < 4.78 is 6.51. The van der Waals surface area contributed by atoms with Crippen molar-refractivity contribution in [3.63, 3.8) is 0 Å². The van der Waals surface area contributed by atoms with Crippen LogP contribution in [0.15, 0.2) is 36.4 Å². The number of ether oxygens (including phenoxy) is 1. The molecule has 0 radical (unpaired) electrons. The van der Waals surface area contributed by atoms with E-state index >= 15 is 0 Å². The Hall–Kier alpha value is -2.99. The average molecular weight is 374 g/mol. The maximum absolute atomic E-state index is 13.0. The van der Waals surface area contributed by atoms with Crippen LogP contribution in [0.4, 0.5) is 0 Å². The van der Waals surface area contributed by atoms with E-state index in [4.69, 9.17) is 16.3 Å². The van der Waals surface area contributed by atoms with Crippen LogP contribution in [0, 0.1) is 6.92 Å². The topological polar surface area (TPSA) is 88.8 Å². The Balaban J connectivity index is 2.23. The van der Waals surface area contributed by atoms with Crippen LogP contribution in [-0.2, 0) is 11.2 Å². The molecule has 0 saturated heterocycles. The predicted octanol–water partition coefficient (Wildman–Crippen LogP) is 3.63. The quantitative estimate of drug-likeness (QED) is 0.729. The van der Waals surface area contributed by atoms with E-state index in [0.717, 1.165) is 0 Å². The largest absolute Gasteiger partial charge is 0.506 e. The Morgan fingerprint density at radius 1 is 1.19 bits per heavy atom. The van der Waals surface area contributed by atoms with Gasteiger partial charge in [-0.15, -0.1) is 0 Å². The van der Waals surface area contributed by atoms with Crippen LogP contribution in [0.25, 0.3) is 10.9 Å². The van der Waals surface area contributed by atoms with Crippen LogP contribution in [0.5, 0.6) is 11.5 Å². The summed E-state index contributed by atoms with van der Waals surface area (Å²) in [5.41, 5.74) is 1.81. The number of hydrogen-bond acceptors (Lipinski definition) is 4. The van der Waals surface area contributed by atoms with Gasteiger partial charge in [-0.1, -0.05) is 11.6 Å². The first-order chi connectivity index (χ1) is 12.3. The van der Waals surface area contributed by atoms with E-state index in [1.807, 2.05) is 0 Å². The summed E-state index contributed by atoms with van der Waals surface area (Å²) in [6, 6.07) is 9.46. The highest BCUT2D eigenvalue weighted by molar-refractivity contribution is 6.33. The lowest BCUT2D eigenvalue weighted by molar-refractivity contribution is -0.136. The molecule has 2 N–H and O–H groups in total. The summed E-state index contributed by atoms with van der Waals surface area (Å²) in [7, 11) is 1.53. The summed E-state index contributed by atoms with van der Waals surface area (Å²) in [6.07, 6.45) is -0.272. The molecule has 0 bridgehead atoms. The third-order valence-electron chi connectivity index (χ3n) is 4.27. The maximum Gasteiger partial charge on any atom is 0.307 e. The molecule has 0 atom stereocenters. The van der Waals surface area contributed by atoms with Gasteiger partial charge < -0.3 is 14.9 Å². The fraction of sp³-hybridized carbons (Fsp3) is 0.158. The molecular weight excluding hydrogens is 358 g/mol. The summed E-state index contributed by atoms with van der Waals surface area (Å²) in [6.45, 7) is 1.67. The number of rotatable bonds is 4. The number of benzene rings is 2. The van der Waals surface area contributed by atoms with Crippen molar-refractivity contribution in [3.8, 4) is 11.5 Å². The standard InChI is InChI=1S/C19H16ClNO5/c1-10-13(8-18(23)24)14-7-17(22)15(20)9-16(14)21(10)19(25)11-3-5-12(26-2)6-4-11/h3-7,9,22H,8H2,1-2H3,(H,23,24). The monoisotopic (exact) mass is 373 g/mol. The van der Waals surface area contributed by atoms with Gasteiger partial charge in [-0.25, -0.2) is 0 Å². The highest BCUT2D eigenvalue weighted by Crippen LogP contribution is 2.35. The van der Waals surface area contributed by atoms with Crippen molar-refractivity contribution in [3.05, 3.63) is 58.2 Å². The minimum Gasteiger partial charge on any atom is -0.506 e. The zero-order valence-electron chi connectivity index (χ0n) is 14.1. The maximum atomic E-state index is 13.0. The third-order valence-corrected chi connectivity index (χ3v) is 4.57. The molecule has 0 aliphatic carbocycles. The summed E-state index contributed by atoms with van der Waals surface area (Å²) in [4.78, 5) is 24.3. The molecule has 2 aromatic carbocycles. The van der Waals surface area contributed by atoms with Crippen molar-refractivity contribution in [1.29, 1.82) is 0 Å². The number of nitrogens with zero attached hydrogens (tertiary/aromatic N) is 1. The first kappa shape index (κ1) is 17.8. The molecule has 1 aromatic heterocycles. The van der Waals surface area contributed by atoms with Gasteiger partial charge in [0.2, 0.25) is 0 Å². The van der Waals surface area contributed by atoms with Gasteiger partial charge in [-0.3, -0.25) is 14.2 Å². The number of fused-ring (bicyclic) bond motifs is 1. The molecule has 6 nitrogen and oxygen atoms in total. The van der Waals surface area contributed by atoms with Crippen molar-refractivity contribution < 1.29 is 24.5 Å². The second-order valence-electron chi connectivity index (χ2n) is 5.82. The number of carboxylic acid groups (broad SMARTS) is 1. The minimum absolute atomic E-state index is 0.0839. The van der Waals surface area contributed by atoms with Crippen LogP contribution >= 0.6 is 11.6 Å². The second kappa shape index (κ2) is 6.72. The van der Waals surface area contributed by atoms with Crippen LogP contribution in [0.1, 0.15) is 21.6 Å². The molecule has 0 spiro atoms. The number of phenolic OH excluding ortho intramolecular Hbond substituents is 1. The van der Waals surface area contributed by atoms with Crippen molar-refractivity contribution in [2.24, 2.45) is 0 Å². The van der Waals surface area contributed by atoms with Crippen LogP contribution < -0.4 is 4.74 Å². The average Bonchev–Trinajstić information content (AvgIpc) is 2.86. The number of methoxy groups -OCH3 is 1. The molecule has 26 heavy (non-hydrogen) atoms. The molecule has 0 unspecified atom stereocenters. The first-order valence-corrected chi connectivity index (χ1v) is 8.14. The first-order valence-electron chi connectivity index (χ1n) is 7.76. The summed E-state index contributed by atoms with van der Waals surface area (Å²) >= 11 is 6.01. The van der Waals surface area contributed by atoms with Gasteiger partial charge in [-0.05, 0) is 48.9 Å². The molecular formula is C19H16ClNO5. The fourth-order valence-corrected chi connectivity index (χ4v) is 3.15. The molecule has 0 aliphatic rings. The van der Waals surface area contributed by atoms with Crippen LogP contribution in [0.2, 0.25) is 5.02 Å². The summed E-state index contributed by atoms with van der Waals surface area (Å²) in [5, 5.41) is 19.7. The number of carbonyl (C=O) groups excluding carboxylic acids is 1. The van der Waals surface area contributed by atoms with E-state index in [-0.39, 0.29) is 23.1 Å². The van der Waals surface area contributed by atoms with E-state index in [9.17, 15) is 19.8 Å². The van der Waals surface area contributed by atoms with Gasteiger partial charge in [0.15, 0.2) is 0 Å². The minimum atomic E-state index is -1.03. The number of carbonyl (C=O) groups is 2. The van der Waals surface area contributed by atoms with Crippen LogP contribution in [-0.4, -0.2) is 33.8 Å².